The van der Waals surface area contributed by atoms with E-state index < -0.39 is 0 Å². The minimum atomic E-state index is 0.609. The van der Waals surface area contributed by atoms with Crippen LogP contribution in [0.15, 0.2) is 59.1 Å². The van der Waals surface area contributed by atoms with Crippen LogP contribution in [0.1, 0.15) is 5.69 Å². The maximum absolute atomic E-state index is 6.02. The van der Waals surface area contributed by atoms with Crippen LogP contribution in [0.3, 0.4) is 0 Å². The molecule has 0 unspecified atom stereocenters. The summed E-state index contributed by atoms with van der Waals surface area (Å²) >= 11 is 3.51. The Morgan fingerprint density at radius 2 is 1.77 bits per heavy atom. The van der Waals surface area contributed by atoms with Gasteiger partial charge in [-0.25, -0.2) is 0 Å². The van der Waals surface area contributed by atoms with Crippen molar-refractivity contribution in [2.45, 2.75) is 6.92 Å². The highest BCUT2D eigenvalue weighted by Crippen LogP contribution is 2.35. The predicted octanol–water partition coefficient (Wildman–Crippen LogP) is 4.81. The summed E-state index contributed by atoms with van der Waals surface area (Å²) in [7, 11) is 1.63. The van der Waals surface area contributed by atoms with Crippen molar-refractivity contribution in [3.05, 3.63) is 64.8 Å². The van der Waals surface area contributed by atoms with Crippen molar-refractivity contribution in [2.24, 2.45) is 0 Å². The molecule has 3 rings (SSSR count). The quantitative estimate of drug-likeness (QED) is 0.684. The summed E-state index contributed by atoms with van der Waals surface area (Å²) in [4.78, 5) is 0. The molecule has 3 aromatic rings. The van der Waals surface area contributed by atoms with Gasteiger partial charge in [0.15, 0.2) is 0 Å². The van der Waals surface area contributed by atoms with Crippen LogP contribution in [-0.2, 0) is 0 Å². The van der Waals surface area contributed by atoms with Gasteiger partial charge in [-0.15, -0.1) is 0 Å². The number of benzene rings is 2. The van der Waals surface area contributed by atoms with E-state index in [0.717, 1.165) is 21.5 Å². The Morgan fingerprint density at radius 1 is 1.05 bits per heavy atom. The Morgan fingerprint density at radius 3 is 2.45 bits per heavy atom. The van der Waals surface area contributed by atoms with E-state index in [1.54, 1.807) is 7.11 Å². The van der Waals surface area contributed by atoms with Gasteiger partial charge in [0.2, 0.25) is 0 Å². The summed E-state index contributed by atoms with van der Waals surface area (Å²) in [6, 6.07) is 18.5. The number of methoxy groups -OCH3 is 1. The average molecular weight is 357 g/mol. The maximum atomic E-state index is 6.02. The monoisotopic (exact) mass is 356 g/mol. The first-order valence-corrected chi connectivity index (χ1v) is 7.78. The molecule has 112 valence electrons. The summed E-state index contributed by atoms with van der Waals surface area (Å²) in [5, 5.41) is 0. The normalized spacial score (nSPS) is 10.7. The Balaban J connectivity index is 2.22. The second-order valence-corrected chi connectivity index (χ2v) is 5.96. The minimum absolute atomic E-state index is 0.609. The number of nitrogen functional groups attached to an aromatic ring is 1. The molecule has 0 aliphatic heterocycles. The maximum Gasteiger partial charge on any atom is 0.144 e. The second kappa shape index (κ2) is 5.89. The van der Waals surface area contributed by atoms with E-state index >= 15 is 0 Å². The van der Waals surface area contributed by atoms with Gasteiger partial charge in [0, 0.05) is 16.2 Å². The lowest BCUT2D eigenvalue weighted by Gasteiger charge is -2.15. The molecule has 0 atom stereocenters. The van der Waals surface area contributed by atoms with Crippen LogP contribution in [-0.4, -0.2) is 11.7 Å². The van der Waals surface area contributed by atoms with E-state index in [9.17, 15) is 0 Å². The summed E-state index contributed by atoms with van der Waals surface area (Å²) in [6.07, 6.45) is 0. The molecular formula is C18H17BrN2O. The highest BCUT2D eigenvalue weighted by Gasteiger charge is 2.13. The third kappa shape index (κ3) is 2.50. The third-order valence-corrected chi connectivity index (χ3v) is 4.36. The smallest absolute Gasteiger partial charge is 0.144 e. The molecule has 0 bridgehead atoms. The fourth-order valence-corrected chi connectivity index (χ4v) is 3.02. The van der Waals surface area contributed by atoms with E-state index in [1.807, 2.05) is 30.3 Å². The van der Waals surface area contributed by atoms with Crippen molar-refractivity contribution < 1.29 is 4.74 Å². The number of rotatable bonds is 3. The molecule has 1 aromatic heterocycles. The van der Waals surface area contributed by atoms with Gasteiger partial charge in [-0.2, -0.15) is 0 Å². The van der Waals surface area contributed by atoms with E-state index in [2.05, 4.69) is 51.7 Å². The lowest BCUT2D eigenvalue weighted by atomic mass is 10.1. The van der Waals surface area contributed by atoms with Gasteiger partial charge in [0.05, 0.1) is 24.2 Å². The first-order valence-electron chi connectivity index (χ1n) is 6.99. The molecule has 2 N–H and O–H groups in total. The number of halogens is 1. The van der Waals surface area contributed by atoms with E-state index in [1.165, 1.54) is 5.56 Å². The molecule has 0 aliphatic carbocycles. The largest absolute Gasteiger partial charge is 0.494 e. The molecule has 0 aliphatic rings. The topological polar surface area (TPSA) is 40.2 Å². The Bertz CT molecular complexity index is 809. The molecular weight excluding hydrogens is 340 g/mol. The molecule has 0 radical (unpaired) electrons. The van der Waals surface area contributed by atoms with Crippen LogP contribution in [0.2, 0.25) is 0 Å². The van der Waals surface area contributed by atoms with Gasteiger partial charge in [-0.05, 0) is 46.6 Å². The van der Waals surface area contributed by atoms with Gasteiger partial charge < -0.3 is 15.0 Å². The van der Waals surface area contributed by atoms with Crippen LogP contribution in [0.5, 0.6) is 5.75 Å². The van der Waals surface area contributed by atoms with Crippen LogP contribution < -0.4 is 10.5 Å². The Hall–Kier alpha value is -2.20. The average Bonchev–Trinajstić information content (AvgIpc) is 2.92. The number of ether oxygens (including phenoxy) is 1. The summed E-state index contributed by atoms with van der Waals surface area (Å²) < 4.78 is 8.41. The van der Waals surface area contributed by atoms with Crippen molar-refractivity contribution in [2.75, 3.05) is 12.8 Å². The molecule has 0 amide bonds. The molecule has 1 heterocycles. The number of anilines is 1. The van der Waals surface area contributed by atoms with Gasteiger partial charge >= 0.3 is 0 Å². The number of hydrogen-bond acceptors (Lipinski definition) is 2. The fourth-order valence-electron chi connectivity index (χ4n) is 2.59. The zero-order valence-corrected chi connectivity index (χ0v) is 14.1. The van der Waals surface area contributed by atoms with Crippen LogP contribution in [0.4, 0.5) is 5.69 Å². The first-order chi connectivity index (χ1) is 10.6. The second-order valence-electron chi connectivity index (χ2n) is 5.10. The Labute approximate surface area is 138 Å². The lowest BCUT2D eigenvalue weighted by Crippen LogP contribution is -2.02. The van der Waals surface area contributed by atoms with Crippen LogP contribution in [0, 0.1) is 6.92 Å². The van der Waals surface area contributed by atoms with Crippen molar-refractivity contribution in [1.82, 2.24) is 4.57 Å². The van der Waals surface area contributed by atoms with Gasteiger partial charge in [-0.1, -0.05) is 30.3 Å². The van der Waals surface area contributed by atoms with Gasteiger partial charge in [-0.3, -0.25) is 0 Å². The molecule has 2 aromatic carbocycles. The molecule has 0 spiro atoms. The Kier molecular flexibility index (Phi) is 3.94. The fraction of sp³-hybridized carbons (Fsp3) is 0.111. The molecule has 22 heavy (non-hydrogen) atoms. The summed E-state index contributed by atoms with van der Waals surface area (Å²) in [5.41, 5.74) is 11.1. The van der Waals surface area contributed by atoms with Gasteiger partial charge in [0.25, 0.3) is 0 Å². The number of nitrogens with zero attached hydrogens (tertiary/aromatic N) is 1. The number of nitrogens with two attached hydrogens (primary N) is 1. The van der Waals surface area contributed by atoms with Gasteiger partial charge in [0.1, 0.15) is 5.75 Å². The predicted molar refractivity (Wildman–Crippen MR) is 94.6 cm³/mol. The summed E-state index contributed by atoms with van der Waals surface area (Å²) in [6.45, 7) is 2.09. The number of hydrogen-bond donors (Lipinski definition) is 1. The minimum Gasteiger partial charge on any atom is -0.494 e. The van der Waals surface area contributed by atoms with E-state index in [4.69, 9.17) is 10.5 Å². The zero-order valence-electron chi connectivity index (χ0n) is 12.5. The molecule has 3 nitrogen and oxygen atoms in total. The van der Waals surface area contributed by atoms with E-state index in [0.29, 0.717) is 11.4 Å². The molecule has 0 saturated heterocycles. The summed E-state index contributed by atoms with van der Waals surface area (Å²) in [5.74, 6) is 0.663. The van der Waals surface area contributed by atoms with Crippen LogP contribution >= 0.6 is 15.9 Å². The molecule has 0 fully saturated rings. The highest BCUT2D eigenvalue weighted by molar-refractivity contribution is 9.10. The number of aromatic nitrogens is 1. The van der Waals surface area contributed by atoms with Crippen molar-refractivity contribution in [3.63, 3.8) is 0 Å². The first kappa shape index (κ1) is 14.7. The van der Waals surface area contributed by atoms with Crippen molar-refractivity contribution in [1.29, 1.82) is 0 Å². The lowest BCUT2D eigenvalue weighted by molar-refractivity contribution is 0.416. The highest BCUT2D eigenvalue weighted by atomic mass is 79.9. The van der Waals surface area contributed by atoms with E-state index in [-0.39, 0.29) is 0 Å². The standard InChI is InChI=1S/C18H17BrN2O/c1-12-8-9-16(13-6-4-3-5-7-13)21(12)14-10-15(19)18(20)17(11-14)22-2/h3-11H,20H2,1-2H3. The van der Waals surface area contributed by atoms with Crippen molar-refractivity contribution >= 4 is 21.6 Å². The third-order valence-electron chi connectivity index (χ3n) is 3.70. The molecule has 4 heteroatoms. The zero-order chi connectivity index (χ0) is 15.7. The van der Waals surface area contributed by atoms with Crippen LogP contribution in [0.25, 0.3) is 16.9 Å². The van der Waals surface area contributed by atoms with Crippen molar-refractivity contribution in [3.8, 4) is 22.7 Å². The number of aryl methyl sites for hydroxylation is 1. The SMILES string of the molecule is COc1cc(-n2c(C)ccc2-c2ccccc2)cc(Br)c1N. The molecule has 0 saturated carbocycles.